The Balaban J connectivity index is 1.59. The number of carbonyl (C=O) groups excluding carboxylic acids is 1. The van der Waals surface area contributed by atoms with Gasteiger partial charge in [-0.05, 0) is 50.2 Å². The predicted molar refractivity (Wildman–Crippen MR) is 71.8 cm³/mol. The molecule has 0 aliphatic heterocycles. The van der Waals surface area contributed by atoms with Crippen LogP contribution in [0.25, 0.3) is 0 Å². The van der Waals surface area contributed by atoms with E-state index in [1.807, 2.05) is 6.07 Å². The van der Waals surface area contributed by atoms with Crippen LogP contribution in [0.3, 0.4) is 0 Å². The number of hydrogen-bond donors (Lipinski definition) is 1. The number of rotatable bonds is 3. The van der Waals surface area contributed by atoms with Crippen LogP contribution < -0.4 is 5.48 Å². The smallest absolute Gasteiger partial charge is 0.270 e. The van der Waals surface area contributed by atoms with E-state index < -0.39 is 0 Å². The molecule has 0 bridgehead atoms. The van der Waals surface area contributed by atoms with E-state index in [1.165, 1.54) is 36.1 Å². The number of thiophene rings is 1. The van der Waals surface area contributed by atoms with Gasteiger partial charge in [-0.3, -0.25) is 9.63 Å². The minimum Gasteiger partial charge on any atom is -0.270 e. The second-order valence-corrected chi connectivity index (χ2v) is 6.36. The largest absolute Gasteiger partial charge is 0.284 e. The van der Waals surface area contributed by atoms with Crippen molar-refractivity contribution in [2.24, 2.45) is 0 Å². The number of nitrogens with one attached hydrogen (secondary N) is 1. The van der Waals surface area contributed by atoms with Crippen molar-refractivity contribution >= 4 is 17.2 Å². The third-order valence-corrected chi connectivity index (χ3v) is 5.08. The SMILES string of the molecule is O=C(NOC1CCCC1)c1cc2c(s1)CCCC2. The van der Waals surface area contributed by atoms with Crippen LogP contribution in [0.5, 0.6) is 0 Å². The van der Waals surface area contributed by atoms with Crippen molar-refractivity contribution in [1.29, 1.82) is 0 Å². The summed E-state index contributed by atoms with van der Waals surface area (Å²) in [7, 11) is 0. The van der Waals surface area contributed by atoms with Crippen molar-refractivity contribution in [3.63, 3.8) is 0 Å². The summed E-state index contributed by atoms with van der Waals surface area (Å²) < 4.78 is 0. The molecule has 1 fully saturated rings. The molecule has 0 spiro atoms. The first-order valence-electron chi connectivity index (χ1n) is 6.90. The standard InChI is InChI=1S/C14H19NO2S/c16-14(15-17-11-6-2-3-7-11)13-9-10-5-1-4-8-12(10)18-13/h9,11H,1-8H2,(H,15,16). The van der Waals surface area contributed by atoms with E-state index in [1.54, 1.807) is 11.3 Å². The molecule has 1 heterocycles. The van der Waals surface area contributed by atoms with Crippen LogP contribution in [0.15, 0.2) is 6.07 Å². The van der Waals surface area contributed by atoms with E-state index in [-0.39, 0.29) is 12.0 Å². The summed E-state index contributed by atoms with van der Waals surface area (Å²) in [5.74, 6) is -0.0682. The highest BCUT2D eigenvalue weighted by atomic mass is 32.1. The molecule has 1 amide bonds. The lowest BCUT2D eigenvalue weighted by molar-refractivity contribution is -0.0122. The van der Waals surface area contributed by atoms with Gasteiger partial charge in [0.25, 0.3) is 5.91 Å². The van der Waals surface area contributed by atoms with E-state index >= 15 is 0 Å². The van der Waals surface area contributed by atoms with E-state index in [0.717, 1.165) is 30.6 Å². The summed E-state index contributed by atoms with van der Waals surface area (Å²) in [6.45, 7) is 0. The molecule has 0 atom stereocenters. The van der Waals surface area contributed by atoms with Gasteiger partial charge in [0.05, 0.1) is 11.0 Å². The number of hydroxylamine groups is 1. The summed E-state index contributed by atoms with van der Waals surface area (Å²) in [6, 6.07) is 2.05. The lowest BCUT2D eigenvalue weighted by atomic mass is 9.99. The maximum absolute atomic E-state index is 12.0. The molecule has 1 saturated carbocycles. The Labute approximate surface area is 111 Å². The van der Waals surface area contributed by atoms with Crippen LogP contribution in [0, 0.1) is 0 Å². The minimum atomic E-state index is -0.0682. The second-order valence-electron chi connectivity index (χ2n) is 5.22. The van der Waals surface area contributed by atoms with Gasteiger partial charge in [-0.1, -0.05) is 12.8 Å². The Morgan fingerprint density at radius 1 is 1.22 bits per heavy atom. The zero-order valence-electron chi connectivity index (χ0n) is 10.5. The third-order valence-electron chi connectivity index (χ3n) is 3.84. The van der Waals surface area contributed by atoms with Gasteiger partial charge in [0.2, 0.25) is 0 Å². The average molecular weight is 265 g/mol. The van der Waals surface area contributed by atoms with E-state index in [2.05, 4.69) is 5.48 Å². The van der Waals surface area contributed by atoms with Crippen molar-refractivity contribution < 1.29 is 9.63 Å². The number of amides is 1. The molecule has 0 radical (unpaired) electrons. The molecular formula is C14H19NO2S. The maximum Gasteiger partial charge on any atom is 0.284 e. The van der Waals surface area contributed by atoms with Gasteiger partial charge in [0.1, 0.15) is 0 Å². The van der Waals surface area contributed by atoms with Gasteiger partial charge in [-0.15, -0.1) is 11.3 Å². The summed E-state index contributed by atoms with van der Waals surface area (Å²) in [6.07, 6.45) is 9.57. The van der Waals surface area contributed by atoms with E-state index in [4.69, 9.17) is 4.84 Å². The fourth-order valence-electron chi connectivity index (χ4n) is 2.80. The molecule has 3 nitrogen and oxygen atoms in total. The third kappa shape index (κ3) is 2.59. The normalized spacial score (nSPS) is 19.8. The predicted octanol–water partition coefficient (Wildman–Crippen LogP) is 3.23. The molecule has 4 heteroatoms. The van der Waals surface area contributed by atoms with Gasteiger partial charge in [0.15, 0.2) is 0 Å². The quantitative estimate of drug-likeness (QED) is 0.852. The number of carbonyl (C=O) groups is 1. The highest BCUT2D eigenvalue weighted by Crippen LogP contribution is 2.29. The fraction of sp³-hybridized carbons (Fsp3) is 0.643. The van der Waals surface area contributed by atoms with Gasteiger partial charge in [-0.2, -0.15) is 0 Å². The van der Waals surface area contributed by atoms with E-state index in [0.29, 0.717) is 0 Å². The molecule has 1 N–H and O–H groups in total. The van der Waals surface area contributed by atoms with Crippen LogP contribution >= 0.6 is 11.3 Å². The lowest BCUT2D eigenvalue weighted by Crippen LogP contribution is -2.27. The number of hydrogen-bond acceptors (Lipinski definition) is 3. The molecule has 0 unspecified atom stereocenters. The Morgan fingerprint density at radius 2 is 2.00 bits per heavy atom. The van der Waals surface area contributed by atoms with Gasteiger partial charge >= 0.3 is 0 Å². The van der Waals surface area contributed by atoms with Crippen molar-refractivity contribution in [3.8, 4) is 0 Å². The Hall–Kier alpha value is -0.870. The molecular weight excluding hydrogens is 246 g/mol. The van der Waals surface area contributed by atoms with Crippen LogP contribution in [0.4, 0.5) is 0 Å². The molecule has 2 aliphatic rings. The summed E-state index contributed by atoms with van der Waals surface area (Å²) in [5.41, 5.74) is 3.99. The van der Waals surface area contributed by atoms with Crippen LogP contribution in [0.2, 0.25) is 0 Å². The molecule has 3 rings (SSSR count). The van der Waals surface area contributed by atoms with E-state index in [9.17, 15) is 4.79 Å². The van der Waals surface area contributed by atoms with Crippen molar-refractivity contribution in [2.45, 2.75) is 57.5 Å². The molecule has 2 aliphatic carbocycles. The number of aryl methyl sites for hydroxylation is 2. The van der Waals surface area contributed by atoms with Crippen molar-refractivity contribution in [2.75, 3.05) is 0 Å². The molecule has 0 saturated heterocycles. The summed E-state index contributed by atoms with van der Waals surface area (Å²) in [4.78, 5) is 19.7. The summed E-state index contributed by atoms with van der Waals surface area (Å²) >= 11 is 1.63. The topological polar surface area (TPSA) is 38.3 Å². The molecule has 98 valence electrons. The zero-order valence-corrected chi connectivity index (χ0v) is 11.4. The maximum atomic E-state index is 12.0. The molecule has 18 heavy (non-hydrogen) atoms. The first kappa shape index (κ1) is 12.2. The monoisotopic (exact) mass is 265 g/mol. The Kier molecular flexibility index (Phi) is 3.66. The highest BCUT2D eigenvalue weighted by Gasteiger charge is 2.20. The minimum absolute atomic E-state index is 0.0682. The van der Waals surface area contributed by atoms with Crippen LogP contribution in [-0.2, 0) is 17.7 Å². The fourth-order valence-corrected chi connectivity index (χ4v) is 3.94. The van der Waals surface area contributed by atoms with Gasteiger partial charge in [0, 0.05) is 4.88 Å². The van der Waals surface area contributed by atoms with Gasteiger partial charge in [-0.25, -0.2) is 5.48 Å². The number of fused-ring (bicyclic) bond motifs is 1. The molecule has 1 aromatic rings. The second kappa shape index (κ2) is 5.41. The highest BCUT2D eigenvalue weighted by molar-refractivity contribution is 7.14. The average Bonchev–Trinajstić information content (AvgIpc) is 3.04. The zero-order chi connectivity index (χ0) is 12.4. The Bertz CT molecular complexity index is 412. The first-order valence-corrected chi connectivity index (χ1v) is 7.72. The lowest BCUT2D eigenvalue weighted by Gasteiger charge is -2.10. The Morgan fingerprint density at radius 3 is 2.78 bits per heavy atom. The molecule has 0 aromatic carbocycles. The van der Waals surface area contributed by atoms with Gasteiger partial charge < -0.3 is 0 Å². The first-order chi connectivity index (χ1) is 8.83. The van der Waals surface area contributed by atoms with Crippen molar-refractivity contribution in [1.82, 2.24) is 5.48 Å². The molecule has 1 aromatic heterocycles. The van der Waals surface area contributed by atoms with Crippen molar-refractivity contribution in [3.05, 3.63) is 21.4 Å². The summed E-state index contributed by atoms with van der Waals surface area (Å²) in [5, 5.41) is 0. The van der Waals surface area contributed by atoms with Crippen LogP contribution in [0.1, 0.15) is 58.6 Å². The van der Waals surface area contributed by atoms with Crippen LogP contribution in [-0.4, -0.2) is 12.0 Å².